The van der Waals surface area contributed by atoms with Crippen molar-refractivity contribution in [1.29, 1.82) is 0 Å². The molecule has 0 spiro atoms. The molecule has 1 amide bonds. The van der Waals surface area contributed by atoms with Crippen LogP contribution in [-0.2, 0) is 14.8 Å². The highest BCUT2D eigenvalue weighted by molar-refractivity contribution is 7.89. The summed E-state index contributed by atoms with van der Waals surface area (Å²) in [5, 5.41) is 10.2. The van der Waals surface area contributed by atoms with E-state index in [4.69, 9.17) is 9.15 Å². The number of carbonyl (C=O) groups is 1. The van der Waals surface area contributed by atoms with Gasteiger partial charge >= 0.3 is 0 Å². The van der Waals surface area contributed by atoms with Crippen LogP contribution in [0.5, 0.6) is 0 Å². The Morgan fingerprint density at radius 1 is 1.10 bits per heavy atom. The van der Waals surface area contributed by atoms with E-state index in [1.165, 1.54) is 30.7 Å². The summed E-state index contributed by atoms with van der Waals surface area (Å²) in [5.41, 5.74) is 1.66. The van der Waals surface area contributed by atoms with Gasteiger partial charge in [-0.1, -0.05) is 0 Å². The van der Waals surface area contributed by atoms with Crippen molar-refractivity contribution in [3.05, 3.63) is 60.5 Å². The zero-order valence-electron chi connectivity index (χ0n) is 15.9. The summed E-state index contributed by atoms with van der Waals surface area (Å²) in [7, 11) is -3.66. The number of anilines is 1. The third-order valence-corrected chi connectivity index (χ3v) is 6.14. The Bertz CT molecular complexity index is 1090. The van der Waals surface area contributed by atoms with Crippen LogP contribution in [0.1, 0.15) is 23.2 Å². The molecule has 1 unspecified atom stereocenters. The van der Waals surface area contributed by atoms with E-state index in [1.54, 1.807) is 24.3 Å². The van der Waals surface area contributed by atoms with Crippen molar-refractivity contribution < 1.29 is 22.4 Å². The largest absolute Gasteiger partial charge is 0.423 e. The van der Waals surface area contributed by atoms with Crippen molar-refractivity contribution >= 4 is 21.6 Å². The van der Waals surface area contributed by atoms with Crippen molar-refractivity contribution in [3.63, 3.8) is 0 Å². The molecule has 0 aliphatic carbocycles. The Balaban J connectivity index is 1.37. The van der Waals surface area contributed by atoms with Crippen molar-refractivity contribution in [1.82, 2.24) is 14.9 Å². The maximum atomic E-state index is 12.5. The van der Waals surface area contributed by atoms with Crippen LogP contribution in [0.15, 0.2) is 64.2 Å². The van der Waals surface area contributed by atoms with Crippen molar-refractivity contribution in [2.45, 2.75) is 23.8 Å². The first kappa shape index (κ1) is 20.2. The number of aromatic nitrogens is 2. The van der Waals surface area contributed by atoms with Gasteiger partial charge in [0.1, 0.15) is 0 Å². The second-order valence-corrected chi connectivity index (χ2v) is 8.55. The van der Waals surface area contributed by atoms with E-state index in [9.17, 15) is 13.2 Å². The minimum absolute atomic E-state index is 0.0870. The summed E-state index contributed by atoms with van der Waals surface area (Å²) >= 11 is 0. The van der Waals surface area contributed by atoms with Gasteiger partial charge < -0.3 is 14.5 Å². The molecule has 1 fully saturated rings. The van der Waals surface area contributed by atoms with Crippen molar-refractivity contribution in [2.24, 2.45) is 0 Å². The van der Waals surface area contributed by atoms with Gasteiger partial charge in [0, 0.05) is 30.0 Å². The van der Waals surface area contributed by atoms with Gasteiger partial charge in [-0.3, -0.25) is 4.79 Å². The molecule has 9 nitrogen and oxygen atoms in total. The van der Waals surface area contributed by atoms with Crippen LogP contribution < -0.4 is 10.0 Å². The lowest BCUT2D eigenvalue weighted by Crippen LogP contribution is -2.31. The van der Waals surface area contributed by atoms with Crippen LogP contribution in [0, 0.1) is 0 Å². The monoisotopic (exact) mass is 428 g/mol. The maximum Gasteiger partial charge on any atom is 0.255 e. The lowest BCUT2D eigenvalue weighted by Gasteiger charge is -2.12. The Morgan fingerprint density at radius 2 is 1.87 bits per heavy atom. The molecule has 30 heavy (non-hydrogen) atoms. The van der Waals surface area contributed by atoms with Gasteiger partial charge in [0.05, 0.1) is 11.0 Å². The van der Waals surface area contributed by atoms with E-state index >= 15 is 0 Å². The number of amides is 1. The molecular weight excluding hydrogens is 408 g/mol. The molecule has 1 atom stereocenters. The first-order valence-corrected chi connectivity index (χ1v) is 10.9. The number of ether oxygens (including phenoxy) is 1. The van der Waals surface area contributed by atoms with Gasteiger partial charge in [-0.15, -0.1) is 10.2 Å². The van der Waals surface area contributed by atoms with Gasteiger partial charge in [0.2, 0.25) is 22.3 Å². The predicted octanol–water partition coefficient (Wildman–Crippen LogP) is 2.45. The van der Waals surface area contributed by atoms with Gasteiger partial charge in [-0.25, -0.2) is 13.1 Å². The molecule has 4 rings (SSSR count). The fraction of sp³-hybridized carbons (Fsp3) is 0.250. The molecule has 2 aromatic carbocycles. The highest BCUT2D eigenvalue weighted by atomic mass is 32.2. The van der Waals surface area contributed by atoms with Gasteiger partial charge in [-0.05, 0) is 61.4 Å². The van der Waals surface area contributed by atoms with Crippen LogP contribution in [0.2, 0.25) is 0 Å². The summed E-state index contributed by atoms with van der Waals surface area (Å²) in [5.74, 6) is 0.0366. The average molecular weight is 428 g/mol. The minimum Gasteiger partial charge on any atom is -0.423 e. The number of hydrogen-bond donors (Lipinski definition) is 2. The Hall–Kier alpha value is -3.08. The second-order valence-electron chi connectivity index (χ2n) is 6.79. The number of nitrogens with one attached hydrogen (secondary N) is 2. The van der Waals surface area contributed by atoms with E-state index in [0.29, 0.717) is 23.7 Å². The summed E-state index contributed by atoms with van der Waals surface area (Å²) in [6.45, 7) is 0.903. The molecule has 1 aliphatic rings. The molecule has 0 radical (unpaired) electrons. The van der Waals surface area contributed by atoms with Crippen molar-refractivity contribution in [3.8, 4) is 11.5 Å². The van der Waals surface area contributed by atoms with E-state index < -0.39 is 10.0 Å². The number of sulfonamides is 1. The lowest BCUT2D eigenvalue weighted by molar-refractivity contribution is 0.102. The van der Waals surface area contributed by atoms with Gasteiger partial charge in [0.25, 0.3) is 5.91 Å². The van der Waals surface area contributed by atoms with Gasteiger partial charge in [0.15, 0.2) is 0 Å². The summed E-state index contributed by atoms with van der Waals surface area (Å²) in [6.07, 6.45) is 2.94. The molecular formula is C20H20N4O5S. The van der Waals surface area contributed by atoms with E-state index in [1.807, 2.05) is 0 Å². The summed E-state index contributed by atoms with van der Waals surface area (Å²) < 4.78 is 37.9. The molecule has 2 N–H and O–H groups in total. The lowest BCUT2D eigenvalue weighted by atomic mass is 10.2. The fourth-order valence-electron chi connectivity index (χ4n) is 3.08. The second kappa shape index (κ2) is 8.74. The molecule has 3 aromatic rings. The topological polar surface area (TPSA) is 123 Å². The SMILES string of the molecule is O=C(Nc1ccc(-c2nnco2)cc1)c1ccc(S(=O)(=O)NCC2CCCO2)cc1. The molecule has 1 aromatic heterocycles. The maximum absolute atomic E-state index is 12.5. The van der Waals surface area contributed by atoms with Crippen molar-refractivity contribution in [2.75, 3.05) is 18.5 Å². The average Bonchev–Trinajstić information content (AvgIpc) is 3.47. The van der Waals surface area contributed by atoms with Crippen LogP contribution in [-0.4, -0.2) is 43.8 Å². The summed E-state index contributed by atoms with van der Waals surface area (Å²) in [6, 6.07) is 12.7. The zero-order chi connectivity index (χ0) is 21.0. The molecule has 0 bridgehead atoms. The molecule has 1 saturated heterocycles. The van der Waals surface area contributed by atoms with Crippen LogP contribution >= 0.6 is 0 Å². The van der Waals surface area contributed by atoms with Crippen LogP contribution in [0.3, 0.4) is 0 Å². The van der Waals surface area contributed by atoms with E-state index in [-0.39, 0.29) is 23.5 Å². The zero-order valence-corrected chi connectivity index (χ0v) is 16.8. The number of carbonyl (C=O) groups excluding carboxylic acids is 1. The number of hydrogen-bond acceptors (Lipinski definition) is 7. The molecule has 156 valence electrons. The van der Waals surface area contributed by atoms with Crippen LogP contribution in [0.4, 0.5) is 5.69 Å². The number of nitrogens with zero attached hydrogens (tertiary/aromatic N) is 2. The first-order chi connectivity index (χ1) is 14.5. The highest BCUT2D eigenvalue weighted by Gasteiger charge is 2.20. The highest BCUT2D eigenvalue weighted by Crippen LogP contribution is 2.20. The minimum atomic E-state index is -3.66. The summed E-state index contributed by atoms with van der Waals surface area (Å²) in [4.78, 5) is 12.6. The smallest absolute Gasteiger partial charge is 0.255 e. The van der Waals surface area contributed by atoms with Crippen LogP contribution in [0.25, 0.3) is 11.5 Å². The Kier molecular flexibility index (Phi) is 5.88. The molecule has 1 aliphatic heterocycles. The van der Waals surface area contributed by atoms with E-state index in [2.05, 4.69) is 20.2 Å². The Morgan fingerprint density at radius 3 is 2.50 bits per heavy atom. The third kappa shape index (κ3) is 4.73. The number of rotatable bonds is 7. The third-order valence-electron chi connectivity index (χ3n) is 4.70. The number of benzene rings is 2. The first-order valence-electron chi connectivity index (χ1n) is 9.40. The normalized spacial score (nSPS) is 16.5. The predicted molar refractivity (Wildman–Crippen MR) is 108 cm³/mol. The van der Waals surface area contributed by atoms with Gasteiger partial charge in [-0.2, -0.15) is 0 Å². The quantitative estimate of drug-likeness (QED) is 0.592. The molecule has 10 heteroatoms. The Labute approximate surface area is 173 Å². The molecule has 0 saturated carbocycles. The standard InChI is InChI=1S/C20H20N4O5S/c25-19(23-16-7-3-15(4-8-16)20-24-21-13-29-20)14-5-9-18(10-6-14)30(26,27)22-12-17-2-1-11-28-17/h3-10,13,17,22H,1-2,11-12H2,(H,23,25). The van der Waals surface area contributed by atoms with E-state index in [0.717, 1.165) is 18.4 Å². The fourth-order valence-corrected chi connectivity index (χ4v) is 4.14. The molecule has 2 heterocycles.